The summed E-state index contributed by atoms with van der Waals surface area (Å²) in [6.07, 6.45) is 2.45. The van der Waals surface area contributed by atoms with Crippen molar-refractivity contribution in [2.45, 2.75) is 32.7 Å². The average molecular weight is 243 g/mol. The Morgan fingerprint density at radius 2 is 2.06 bits per heavy atom. The predicted octanol–water partition coefficient (Wildman–Crippen LogP) is 0.768. The number of ether oxygens (including phenoxy) is 1. The summed E-state index contributed by atoms with van der Waals surface area (Å²) in [5.74, 6) is 0. The second kappa shape index (κ2) is 8.86. The smallest absolute Gasteiger partial charge is 0.0588 e. The zero-order chi connectivity index (χ0) is 12.5. The highest BCUT2D eigenvalue weighted by atomic mass is 16.5. The van der Waals surface area contributed by atoms with Crippen LogP contribution >= 0.6 is 0 Å². The van der Waals surface area contributed by atoms with Crippen molar-refractivity contribution in [3.63, 3.8) is 0 Å². The van der Waals surface area contributed by atoms with Crippen LogP contribution in [0.25, 0.3) is 0 Å². The minimum Gasteiger partial charge on any atom is -0.380 e. The van der Waals surface area contributed by atoms with Gasteiger partial charge in [0, 0.05) is 32.3 Å². The lowest BCUT2D eigenvalue weighted by Crippen LogP contribution is -2.37. The van der Waals surface area contributed by atoms with Crippen LogP contribution in [-0.4, -0.2) is 68.3 Å². The zero-order valence-electron chi connectivity index (χ0n) is 11.5. The number of rotatable bonds is 9. The molecule has 1 saturated heterocycles. The molecule has 4 heteroatoms. The van der Waals surface area contributed by atoms with Gasteiger partial charge in [-0.2, -0.15) is 0 Å². The number of likely N-dealkylation sites (N-methyl/N-ethyl adjacent to an activating group) is 1. The molecule has 0 radical (unpaired) electrons. The lowest BCUT2D eigenvalue weighted by atomic mass is 10.2. The van der Waals surface area contributed by atoms with Gasteiger partial charge in [0.2, 0.25) is 0 Å². The van der Waals surface area contributed by atoms with E-state index >= 15 is 0 Å². The summed E-state index contributed by atoms with van der Waals surface area (Å²) in [6, 6.07) is 0.773. The van der Waals surface area contributed by atoms with Crippen molar-refractivity contribution in [2.75, 3.05) is 52.5 Å². The molecular weight excluding hydrogens is 214 g/mol. The summed E-state index contributed by atoms with van der Waals surface area (Å²) in [4.78, 5) is 5.14. The molecule has 1 aliphatic heterocycles. The third kappa shape index (κ3) is 5.34. The molecule has 2 N–H and O–H groups in total. The van der Waals surface area contributed by atoms with Crippen molar-refractivity contribution in [2.24, 2.45) is 5.73 Å². The number of hydrogen-bond donors (Lipinski definition) is 1. The molecular formula is C13H29N3O. The molecule has 0 aromatic heterocycles. The number of likely N-dealkylation sites (tertiary alicyclic amines) is 1. The van der Waals surface area contributed by atoms with E-state index in [2.05, 4.69) is 23.6 Å². The van der Waals surface area contributed by atoms with Crippen LogP contribution in [0.2, 0.25) is 0 Å². The lowest BCUT2D eigenvalue weighted by Gasteiger charge is -2.26. The SMILES string of the molecule is CCN(CC)C1CCN(CCCOCCN)C1. The largest absolute Gasteiger partial charge is 0.380 e. The van der Waals surface area contributed by atoms with Gasteiger partial charge in [-0.05, 0) is 32.5 Å². The monoisotopic (exact) mass is 243 g/mol. The average Bonchev–Trinajstić information content (AvgIpc) is 2.79. The van der Waals surface area contributed by atoms with Crippen LogP contribution in [0, 0.1) is 0 Å². The van der Waals surface area contributed by atoms with Crippen molar-refractivity contribution < 1.29 is 4.74 Å². The summed E-state index contributed by atoms with van der Waals surface area (Å²) in [5.41, 5.74) is 5.37. The summed E-state index contributed by atoms with van der Waals surface area (Å²) in [6.45, 7) is 12.7. The maximum Gasteiger partial charge on any atom is 0.0588 e. The second-order valence-electron chi connectivity index (χ2n) is 4.72. The normalized spacial score (nSPS) is 21.5. The number of hydrogen-bond acceptors (Lipinski definition) is 4. The molecule has 0 amide bonds. The van der Waals surface area contributed by atoms with Crippen LogP contribution < -0.4 is 5.73 Å². The highest BCUT2D eigenvalue weighted by molar-refractivity contribution is 4.82. The highest BCUT2D eigenvalue weighted by Gasteiger charge is 2.25. The summed E-state index contributed by atoms with van der Waals surface area (Å²) >= 11 is 0. The predicted molar refractivity (Wildman–Crippen MR) is 72.3 cm³/mol. The molecule has 0 spiro atoms. The van der Waals surface area contributed by atoms with Gasteiger partial charge in [-0.15, -0.1) is 0 Å². The van der Waals surface area contributed by atoms with E-state index in [1.807, 2.05) is 0 Å². The first-order valence-electron chi connectivity index (χ1n) is 7.06. The van der Waals surface area contributed by atoms with Gasteiger partial charge < -0.3 is 15.4 Å². The molecule has 1 aliphatic rings. The van der Waals surface area contributed by atoms with Crippen LogP contribution in [-0.2, 0) is 4.74 Å². The van der Waals surface area contributed by atoms with Crippen LogP contribution in [0.4, 0.5) is 0 Å². The second-order valence-corrected chi connectivity index (χ2v) is 4.72. The van der Waals surface area contributed by atoms with Crippen LogP contribution in [0.5, 0.6) is 0 Å². The van der Waals surface area contributed by atoms with E-state index in [0.29, 0.717) is 13.2 Å². The van der Waals surface area contributed by atoms with Gasteiger partial charge in [0.25, 0.3) is 0 Å². The molecule has 1 unspecified atom stereocenters. The van der Waals surface area contributed by atoms with Gasteiger partial charge in [-0.3, -0.25) is 4.90 Å². The fraction of sp³-hybridized carbons (Fsp3) is 1.00. The Morgan fingerprint density at radius 3 is 2.71 bits per heavy atom. The van der Waals surface area contributed by atoms with Gasteiger partial charge in [0.1, 0.15) is 0 Å². The van der Waals surface area contributed by atoms with Crippen molar-refractivity contribution in [1.82, 2.24) is 9.80 Å². The molecule has 102 valence electrons. The summed E-state index contributed by atoms with van der Waals surface area (Å²) < 4.78 is 5.40. The Bertz CT molecular complexity index is 186. The fourth-order valence-corrected chi connectivity index (χ4v) is 2.63. The molecule has 0 aliphatic carbocycles. The summed E-state index contributed by atoms with van der Waals surface area (Å²) in [5, 5.41) is 0. The molecule has 0 aromatic carbocycles. The Kier molecular flexibility index (Phi) is 7.77. The van der Waals surface area contributed by atoms with Crippen molar-refractivity contribution >= 4 is 0 Å². The standard InChI is InChI=1S/C13H29N3O/c1-3-16(4-2)13-6-9-15(12-13)8-5-10-17-11-7-14/h13H,3-12,14H2,1-2H3. The Labute approximate surface area is 106 Å². The van der Waals surface area contributed by atoms with Crippen LogP contribution in [0.15, 0.2) is 0 Å². The van der Waals surface area contributed by atoms with E-state index in [9.17, 15) is 0 Å². The maximum absolute atomic E-state index is 5.40. The van der Waals surface area contributed by atoms with Gasteiger partial charge in [-0.25, -0.2) is 0 Å². The Hall–Kier alpha value is -0.160. The Balaban J connectivity index is 2.09. The van der Waals surface area contributed by atoms with E-state index in [4.69, 9.17) is 10.5 Å². The topological polar surface area (TPSA) is 41.7 Å². The number of nitrogens with zero attached hydrogens (tertiary/aromatic N) is 2. The van der Waals surface area contributed by atoms with E-state index in [1.165, 1.54) is 39.1 Å². The minimum atomic E-state index is 0.633. The van der Waals surface area contributed by atoms with Crippen LogP contribution in [0.3, 0.4) is 0 Å². The van der Waals surface area contributed by atoms with Crippen molar-refractivity contribution in [3.8, 4) is 0 Å². The molecule has 1 atom stereocenters. The quantitative estimate of drug-likeness (QED) is 0.607. The summed E-state index contributed by atoms with van der Waals surface area (Å²) in [7, 11) is 0. The molecule has 1 heterocycles. The van der Waals surface area contributed by atoms with E-state index in [0.717, 1.165) is 19.1 Å². The van der Waals surface area contributed by atoms with Gasteiger partial charge >= 0.3 is 0 Å². The first kappa shape index (κ1) is 14.9. The zero-order valence-corrected chi connectivity index (χ0v) is 11.5. The highest BCUT2D eigenvalue weighted by Crippen LogP contribution is 2.15. The third-order valence-corrected chi connectivity index (χ3v) is 3.60. The minimum absolute atomic E-state index is 0.633. The fourth-order valence-electron chi connectivity index (χ4n) is 2.63. The van der Waals surface area contributed by atoms with Crippen molar-refractivity contribution in [1.29, 1.82) is 0 Å². The first-order valence-corrected chi connectivity index (χ1v) is 7.06. The maximum atomic E-state index is 5.40. The van der Waals surface area contributed by atoms with Gasteiger partial charge in [-0.1, -0.05) is 13.8 Å². The molecule has 0 bridgehead atoms. The Morgan fingerprint density at radius 1 is 1.29 bits per heavy atom. The van der Waals surface area contributed by atoms with E-state index < -0.39 is 0 Å². The van der Waals surface area contributed by atoms with Gasteiger partial charge in [0.15, 0.2) is 0 Å². The molecule has 0 saturated carbocycles. The van der Waals surface area contributed by atoms with E-state index in [-0.39, 0.29) is 0 Å². The van der Waals surface area contributed by atoms with E-state index in [1.54, 1.807) is 0 Å². The first-order chi connectivity index (χ1) is 8.31. The molecule has 1 rings (SSSR count). The molecule has 17 heavy (non-hydrogen) atoms. The lowest BCUT2D eigenvalue weighted by molar-refractivity contribution is 0.128. The molecule has 1 fully saturated rings. The molecule has 0 aromatic rings. The van der Waals surface area contributed by atoms with Crippen LogP contribution in [0.1, 0.15) is 26.7 Å². The third-order valence-electron chi connectivity index (χ3n) is 3.60. The molecule has 4 nitrogen and oxygen atoms in total. The number of nitrogens with two attached hydrogens (primary N) is 1. The van der Waals surface area contributed by atoms with Gasteiger partial charge in [0.05, 0.1) is 6.61 Å². The van der Waals surface area contributed by atoms with Crippen molar-refractivity contribution in [3.05, 3.63) is 0 Å².